The lowest BCUT2D eigenvalue weighted by atomic mass is 10.1. The summed E-state index contributed by atoms with van der Waals surface area (Å²) in [6.07, 6.45) is -0.583. The van der Waals surface area contributed by atoms with Gasteiger partial charge in [-0.1, -0.05) is 0 Å². The molecule has 152 valence electrons. The van der Waals surface area contributed by atoms with E-state index in [-0.39, 0.29) is 24.2 Å². The maximum absolute atomic E-state index is 12.3. The van der Waals surface area contributed by atoms with Gasteiger partial charge in [-0.25, -0.2) is 13.2 Å². The van der Waals surface area contributed by atoms with E-state index in [2.05, 4.69) is 4.98 Å². The van der Waals surface area contributed by atoms with E-state index < -0.39 is 40.3 Å². The molecule has 0 bridgehead atoms. The molecule has 11 heteroatoms. The number of sulfonamides is 1. The normalized spacial score (nSPS) is 31.0. The molecule has 0 aromatic carbocycles. The van der Waals surface area contributed by atoms with Crippen LogP contribution in [0.3, 0.4) is 0 Å². The van der Waals surface area contributed by atoms with Crippen molar-refractivity contribution < 1.29 is 22.6 Å². The topological polar surface area (TPSA) is 126 Å². The first kappa shape index (κ1) is 20.2. The summed E-state index contributed by atoms with van der Waals surface area (Å²) in [5, 5.41) is 0. The van der Waals surface area contributed by atoms with Gasteiger partial charge in [0.05, 0.1) is 11.9 Å². The highest BCUT2D eigenvalue weighted by Crippen LogP contribution is 2.34. The molecule has 0 amide bonds. The zero-order chi connectivity index (χ0) is 19.8. The Kier molecular flexibility index (Phi) is 5.87. The van der Waals surface area contributed by atoms with Crippen LogP contribution in [-0.2, 0) is 24.2 Å². The van der Waals surface area contributed by atoms with Gasteiger partial charge in [0, 0.05) is 26.4 Å². The second-order valence-electron chi connectivity index (χ2n) is 6.98. The largest absolute Gasteiger partial charge is 0.383 e. The Bertz CT molecular complexity index is 826. The van der Waals surface area contributed by atoms with Crippen LogP contribution in [0.15, 0.2) is 17.1 Å². The molecule has 1 unspecified atom stereocenters. The first-order chi connectivity index (χ1) is 12.7. The molecule has 2 aliphatic heterocycles. The number of nitrogens with zero attached hydrogens (tertiary/aromatic N) is 3. The summed E-state index contributed by atoms with van der Waals surface area (Å²) in [5.74, 6) is 0.242. The Balaban J connectivity index is 1.91. The predicted molar refractivity (Wildman–Crippen MR) is 97.6 cm³/mol. The molecule has 10 nitrogen and oxygen atoms in total. The van der Waals surface area contributed by atoms with E-state index in [0.717, 1.165) is 0 Å². The molecular weight excluding hydrogens is 376 g/mol. The molecule has 2 aliphatic rings. The fraction of sp³-hybridized carbons (Fsp3) is 0.750. The summed E-state index contributed by atoms with van der Waals surface area (Å²) in [7, 11) is -1.78. The molecule has 2 saturated heterocycles. The van der Waals surface area contributed by atoms with Crippen LogP contribution in [0, 0.1) is 0 Å². The van der Waals surface area contributed by atoms with Crippen molar-refractivity contribution >= 4 is 15.8 Å². The molecule has 0 saturated carbocycles. The van der Waals surface area contributed by atoms with E-state index >= 15 is 0 Å². The number of hydrogen-bond acceptors (Lipinski definition) is 8. The molecule has 0 radical (unpaired) electrons. The summed E-state index contributed by atoms with van der Waals surface area (Å²) in [5.41, 5.74) is 4.99. The van der Waals surface area contributed by atoms with E-state index in [1.54, 1.807) is 0 Å². The molecule has 3 rings (SSSR count). The van der Waals surface area contributed by atoms with Crippen molar-refractivity contribution in [2.45, 2.75) is 50.9 Å². The van der Waals surface area contributed by atoms with Crippen LogP contribution in [0.5, 0.6) is 0 Å². The van der Waals surface area contributed by atoms with Crippen LogP contribution in [0.1, 0.15) is 26.5 Å². The molecule has 27 heavy (non-hydrogen) atoms. The Hall–Kier alpha value is -1.53. The minimum absolute atomic E-state index is 0.109. The molecule has 1 aromatic heterocycles. The third-order valence-corrected chi connectivity index (χ3v) is 6.62. The summed E-state index contributed by atoms with van der Waals surface area (Å²) >= 11 is 0. The number of ether oxygens (including phenoxy) is 3. The van der Waals surface area contributed by atoms with Crippen LogP contribution < -0.4 is 11.4 Å². The molecule has 1 aromatic rings. The first-order valence-corrected chi connectivity index (χ1v) is 10.5. The third kappa shape index (κ3) is 4.16. The smallest absolute Gasteiger partial charge is 0.351 e. The van der Waals surface area contributed by atoms with Crippen molar-refractivity contribution in [1.82, 2.24) is 13.9 Å². The number of hydrogen-bond donors (Lipinski definition) is 1. The lowest BCUT2D eigenvalue weighted by Crippen LogP contribution is -2.44. The van der Waals surface area contributed by atoms with Crippen molar-refractivity contribution in [3.05, 3.63) is 22.7 Å². The van der Waals surface area contributed by atoms with Gasteiger partial charge in [0.15, 0.2) is 6.23 Å². The van der Waals surface area contributed by atoms with E-state index in [4.69, 9.17) is 19.9 Å². The molecule has 0 aliphatic carbocycles. The van der Waals surface area contributed by atoms with Crippen molar-refractivity contribution in [2.75, 3.05) is 31.7 Å². The third-order valence-electron chi connectivity index (χ3n) is 4.70. The fourth-order valence-corrected chi connectivity index (χ4v) is 5.06. The highest BCUT2D eigenvalue weighted by Gasteiger charge is 2.49. The van der Waals surface area contributed by atoms with Gasteiger partial charge in [0.1, 0.15) is 24.1 Å². The van der Waals surface area contributed by atoms with Crippen molar-refractivity contribution in [2.24, 2.45) is 0 Å². The van der Waals surface area contributed by atoms with Crippen LogP contribution in [0.25, 0.3) is 0 Å². The Morgan fingerprint density at radius 1 is 1.41 bits per heavy atom. The quantitative estimate of drug-likeness (QED) is 0.679. The van der Waals surface area contributed by atoms with Crippen molar-refractivity contribution in [1.29, 1.82) is 0 Å². The number of rotatable bonds is 6. The summed E-state index contributed by atoms with van der Waals surface area (Å²) in [4.78, 5) is 16.0. The van der Waals surface area contributed by atoms with Gasteiger partial charge < -0.3 is 19.9 Å². The van der Waals surface area contributed by atoms with Gasteiger partial charge in [0.2, 0.25) is 10.0 Å². The summed E-state index contributed by atoms with van der Waals surface area (Å²) in [6.45, 7) is 4.34. The number of nitrogens with two attached hydrogens (primary N) is 1. The number of aromatic nitrogens is 2. The number of anilines is 1. The van der Waals surface area contributed by atoms with Crippen molar-refractivity contribution in [3.63, 3.8) is 0 Å². The summed E-state index contributed by atoms with van der Waals surface area (Å²) < 4.78 is 44.7. The number of nitrogen functional groups attached to an aromatic ring is 1. The fourth-order valence-electron chi connectivity index (χ4n) is 3.53. The van der Waals surface area contributed by atoms with Crippen LogP contribution in [0.4, 0.5) is 5.82 Å². The lowest BCUT2D eigenvalue weighted by Gasteiger charge is -2.27. The van der Waals surface area contributed by atoms with E-state index in [0.29, 0.717) is 13.0 Å². The van der Waals surface area contributed by atoms with Crippen LogP contribution in [0.2, 0.25) is 0 Å². The minimum atomic E-state index is -3.29. The Labute approximate surface area is 158 Å². The van der Waals surface area contributed by atoms with Gasteiger partial charge in [-0.2, -0.15) is 9.29 Å². The SMILES string of the molecule is CO[C@H]1C(n2ccc(N)nc2=O)O[C@H](CN2CCCS2(=O)=O)[C@H]1OC(C)C. The average Bonchev–Trinajstić information content (AvgIpc) is 3.07. The molecular formula is C16H26N4O6S. The van der Waals surface area contributed by atoms with Crippen molar-refractivity contribution in [3.8, 4) is 0 Å². The molecule has 2 N–H and O–H groups in total. The van der Waals surface area contributed by atoms with Gasteiger partial charge >= 0.3 is 5.69 Å². The second-order valence-corrected chi connectivity index (χ2v) is 9.07. The van der Waals surface area contributed by atoms with Gasteiger partial charge in [-0.15, -0.1) is 0 Å². The monoisotopic (exact) mass is 402 g/mol. The van der Waals surface area contributed by atoms with Crippen LogP contribution in [-0.4, -0.2) is 72.6 Å². The zero-order valence-electron chi connectivity index (χ0n) is 15.6. The molecule has 4 atom stereocenters. The highest BCUT2D eigenvalue weighted by molar-refractivity contribution is 7.89. The second kappa shape index (κ2) is 7.84. The van der Waals surface area contributed by atoms with Gasteiger partial charge in [0.25, 0.3) is 0 Å². The van der Waals surface area contributed by atoms with Crippen LogP contribution >= 0.6 is 0 Å². The standard InChI is InChI=1S/C16H26N4O6S/c1-10(2)25-13-11(9-19-6-4-8-27(19,22)23)26-15(14(13)24-3)20-7-5-12(17)18-16(20)21/h5,7,10-11,13-15H,4,6,8-9H2,1-3H3,(H2,17,18,21)/t11-,13-,14-,15?/m1/s1. The highest BCUT2D eigenvalue weighted by atomic mass is 32.2. The van der Waals surface area contributed by atoms with Gasteiger partial charge in [-0.05, 0) is 26.3 Å². The molecule has 2 fully saturated rings. The Morgan fingerprint density at radius 3 is 2.70 bits per heavy atom. The summed E-state index contributed by atoms with van der Waals surface area (Å²) in [6, 6.07) is 1.49. The van der Waals surface area contributed by atoms with Gasteiger partial charge in [-0.3, -0.25) is 4.57 Å². The van der Waals surface area contributed by atoms with E-state index in [9.17, 15) is 13.2 Å². The molecule has 0 spiro atoms. The zero-order valence-corrected chi connectivity index (χ0v) is 16.5. The predicted octanol–water partition coefficient (Wildman–Crippen LogP) is -0.433. The van der Waals surface area contributed by atoms with E-state index in [1.807, 2.05) is 13.8 Å². The van der Waals surface area contributed by atoms with E-state index in [1.165, 1.54) is 28.2 Å². The molecule has 3 heterocycles. The minimum Gasteiger partial charge on any atom is -0.383 e. The lowest BCUT2D eigenvalue weighted by molar-refractivity contribution is -0.0797. The Morgan fingerprint density at radius 2 is 2.15 bits per heavy atom. The first-order valence-electron chi connectivity index (χ1n) is 8.89. The maximum atomic E-state index is 12.3. The number of methoxy groups -OCH3 is 1. The average molecular weight is 402 g/mol. The maximum Gasteiger partial charge on any atom is 0.351 e.